The molecule has 0 radical (unpaired) electrons. The fourth-order valence-electron chi connectivity index (χ4n) is 3.33. The van der Waals surface area contributed by atoms with Crippen molar-refractivity contribution >= 4 is 5.91 Å². The van der Waals surface area contributed by atoms with Crippen LogP contribution >= 0.6 is 0 Å². The van der Waals surface area contributed by atoms with Crippen molar-refractivity contribution in [1.29, 1.82) is 0 Å². The van der Waals surface area contributed by atoms with Crippen LogP contribution in [0.4, 0.5) is 13.2 Å². The van der Waals surface area contributed by atoms with Crippen LogP contribution in [-0.4, -0.2) is 33.4 Å². The highest BCUT2D eigenvalue weighted by atomic mass is 19.4. The first-order valence-corrected chi connectivity index (χ1v) is 8.65. The summed E-state index contributed by atoms with van der Waals surface area (Å²) in [6, 6.07) is 2.24. The minimum absolute atomic E-state index is 0.0869. The zero-order valence-corrected chi connectivity index (χ0v) is 15.0. The molecule has 0 spiro atoms. The zero-order valence-electron chi connectivity index (χ0n) is 15.0. The number of halogens is 3. The number of carbonyl (C=O) groups is 1. The zero-order chi connectivity index (χ0) is 19.8. The first-order chi connectivity index (χ1) is 12.6. The normalized spacial score (nSPS) is 16.0. The average Bonchev–Trinajstić information content (AvgIpc) is 2.94. The lowest BCUT2D eigenvalue weighted by Crippen LogP contribution is -2.40. The molecule has 0 bridgehead atoms. The van der Waals surface area contributed by atoms with Gasteiger partial charge in [0.15, 0.2) is 5.69 Å². The molecule has 1 amide bonds. The molecule has 2 aromatic rings. The van der Waals surface area contributed by atoms with Crippen molar-refractivity contribution in [2.75, 3.05) is 13.1 Å². The Morgan fingerprint density at radius 3 is 2.44 bits per heavy atom. The summed E-state index contributed by atoms with van der Waals surface area (Å²) in [5.74, 6) is 1.27. The highest BCUT2D eigenvalue weighted by Crippen LogP contribution is 2.26. The van der Waals surface area contributed by atoms with Crippen LogP contribution in [0.25, 0.3) is 0 Å². The lowest BCUT2D eigenvalue weighted by molar-refractivity contribution is -0.141. The molecular formula is C18H20F3N3O3. The number of amides is 1. The number of piperidine rings is 1. The molecule has 2 aromatic heterocycles. The van der Waals surface area contributed by atoms with Crippen LogP contribution in [0.2, 0.25) is 0 Å². The molecule has 1 fully saturated rings. The first-order valence-electron chi connectivity index (χ1n) is 8.65. The Morgan fingerprint density at radius 1 is 1.26 bits per heavy atom. The van der Waals surface area contributed by atoms with Crippen LogP contribution in [-0.2, 0) is 12.7 Å². The summed E-state index contributed by atoms with van der Waals surface area (Å²) in [6.45, 7) is 4.87. The molecule has 0 atom stereocenters. The second kappa shape index (κ2) is 7.21. The van der Waals surface area contributed by atoms with Crippen molar-refractivity contribution in [3.8, 4) is 0 Å². The summed E-state index contributed by atoms with van der Waals surface area (Å²) in [4.78, 5) is 29.6. The van der Waals surface area contributed by atoms with Gasteiger partial charge in [0.25, 0.3) is 11.5 Å². The van der Waals surface area contributed by atoms with Gasteiger partial charge in [-0.2, -0.15) is 13.2 Å². The van der Waals surface area contributed by atoms with Crippen LogP contribution in [0.15, 0.2) is 27.7 Å². The van der Waals surface area contributed by atoms with Gasteiger partial charge in [-0.3, -0.25) is 14.2 Å². The van der Waals surface area contributed by atoms with Crippen molar-refractivity contribution in [3.05, 3.63) is 51.6 Å². The van der Waals surface area contributed by atoms with E-state index in [0.29, 0.717) is 49.1 Å². The van der Waals surface area contributed by atoms with Gasteiger partial charge in [0, 0.05) is 25.7 Å². The van der Waals surface area contributed by atoms with Gasteiger partial charge in [0.05, 0.1) is 11.9 Å². The number of furan rings is 1. The van der Waals surface area contributed by atoms with Crippen molar-refractivity contribution in [2.24, 2.45) is 5.92 Å². The molecule has 1 aliphatic rings. The number of rotatable bonds is 3. The van der Waals surface area contributed by atoms with Crippen LogP contribution in [0, 0.1) is 19.8 Å². The summed E-state index contributed by atoms with van der Waals surface area (Å²) in [5, 5.41) is 0. The van der Waals surface area contributed by atoms with Crippen LogP contribution in [0.3, 0.4) is 0 Å². The predicted molar refractivity (Wildman–Crippen MR) is 90.3 cm³/mol. The number of aryl methyl sites for hydroxylation is 2. The van der Waals surface area contributed by atoms with Crippen molar-refractivity contribution in [3.63, 3.8) is 0 Å². The maximum atomic E-state index is 12.6. The van der Waals surface area contributed by atoms with E-state index in [4.69, 9.17) is 4.42 Å². The highest BCUT2D eigenvalue weighted by molar-refractivity contribution is 5.95. The van der Waals surface area contributed by atoms with Crippen LogP contribution in [0.1, 0.15) is 40.4 Å². The van der Waals surface area contributed by atoms with E-state index in [-0.39, 0.29) is 18.4 Å². The summed E-state index contributed by atoms with van der Waals surface area (Å²) < 4.78 is 44.4. The summed E-state index contributed by atoms with van der Waals surface area (Å²) in [6.07, 6.45) is -2.36. The summed E-state index contributed by atoms with van der Waals surface area (Å²) >= 11 is 0. The van der Waals surface area contributed by atoms with Gasteiger partial charge in [0.1, 0.15) is 11.5 Å². The third-order valence-electron chi connectivity index (χ3n) is 4.80. The van der Waals surface area contributed by atoms with Gasteiger partial charge >= 0.3 is 6.18 Å². The van der Waals surface area contributed by atoms with E-state index in [9.17, 15) is 22.8 Å². The van der Waals surface area contributed by atoms with E-state index in [1.165, 1.54) is 4.57 Å². The van der Waals surface area contributed by atoms with E-state index in [2.05, 4.69) is 4.98 Å². The molecule has 0 aromatic carbocycles. The molecule has 3 heterocycles. The third kappa shape index (κ3) is 4.23. The molecule has 0 N–H and O–H groups in total. The number of aromatic nitrogens is 2. The van der Waals surface area contributed by atoms with Crippen LogP contribution < -0.4 is 5.56 Å². The van der Waals surface area contributed by atoms with Gasteiger partial charge in [-0.1, -0.05) is 0 Å². The van der Waals surface area contributed by atoms with E-state index < -0.39 is 17.4 Å². The second-order valence-electron chi connectivity index (χ2n) is 6.82. The number of likely N-dealkylation sites (tertiary alicyclic amines) is 1. The molecule has 27 heavy (non-hydrogen) atoms. The Bertz CT molecular complexity index is 893. The number of hydrogen-bond donors (Lipinski definition) is 0. The molecule has 3 rings (SSSR count). The summed E-state index contributed by atoms with van der Waals surface area (Å²) in [5.41, 5.74) is -1.36. The Labute approximate surface area is 153 Å². The fourth-order valence-corrected chi connectivity index (χ4v) is 3.33. The SMILES string of the molecule is Cc1cc(C(=O)N2CCC(Cn3cnc(C(F)(F)F)cc3=O)CC2)c(C)o1. The average molecular weight is 383 g/mol. The molecule has 0 aliphatic carbocycles. The molecule has 1 saturated heterocycles. The minimum Gasteiger partial charge on any atom is -0.466 e. The monoisotopic (exact) mass is 383 g/mol. The molecule has 0 unspecified atom stereocenters. The number of carbonyl (C=O) groups excluding carboxylic acids is 1. The molecule has 6 nitrogen and oxygen atoms in total. The Balaban J connectivity index is 1.61. The largest absolute Gasteiger partial charge is 0.466 e. The van der Waals surface area contributed by atoms with Gasteiger partial charge in [-0.15, -0.1) is 0 Å². The molecule has 0 saturated carbocycles. The maximum absolute atomic E-state index is 12.6. The highest BCUT2D eigenvalue weighted by Gasteiger charge is 2.33. The van der Waals surface area contributed by atoms with Crippen molar-refractivity contribution in [2.45, 2.75) is 39.4 Å². The van der Waals surface area contributed by atoms with Gasteiger partial charge < -0.3 is 9.32 Å². The quantitative estimate of drug-likeness (QED) is 0.817. The smallest absolute Gasteiger partial charge is 0.433 e. The second-order valence-corrected chi connectivity index (χ2v) is 6.82. The van der Waals surface area contributed by atoms with Gasteiger partial charge in [-0.25, -0.2) is 4.98 Å². The van der Waals surface area contributed by atoms with Crippen molar-refractivity contribution in [1.82, 2.24) is 14.5 Å². The predicted octanol–water partition coefficient (Wildman–Crippen LogP) is 3.02. The Morgan fingerprint density at radius 2 is 1.93 bits per heavy atom. The molecule has 1 aliphatic heterocycles. The third-order valence-corrected chi connectivity index (χ3v) is 4.80. The fraction of sp³-hybridized carbons (Fsp3) is 0.500. The number of nitrogens with zero attached hydrogens (tertiary/aromatic N) is 3. The number of alkyl halides is 3. The van der Waals surface area contributed by atoms with Gasteiger partial charge in [-0.05, 0) is 38.7 Å². The van der Waals surface area contributed by atoms with Crippen molar-refractivity contribution < 1.29 is 22.4 Å². The lowest BCUT2D eigenvalue weighted by Gasteiger charge is -2.32. The van der Waals surface area contributed by atoms with E-state index in [0.717, 1.165) is 6.33 Å². The lowest BCUT2D eigenvalue weighted by atomic mass is 9.96. The Kier molecular flexibility index (Phi) is 5.12. The number of hydrogen-bond acceptors (Lipinski definition) is 4. The topological polar surface area (TPSA) is 68.3 Å². The Hall–Kier alpha value is -2.58. The maximum Gasteiger partial charge on any atom is 0.433 e. The summed E-state index contributed by atoms with van der Waals surface area (Å²) in [7, 11) is 0. The molecule has 9 heteroatoms. The molecular weight excluding hydrogens is 363 g/mol. The van der Waals surface area contributed by atoms with E-state index in [1.807, 2.05) is 0 Å². The van der Waals surface area contributed by atoms with E-state index in [1.54, 1.807) is 24.8 Å². The van der Waals surface area contributed by atoms with Crippen LogP contribution in [0.5, 0.6) is 0 Å². The minimum atomic E-state index is -4.63. The van der Waals surface area contributed by atoms with E-state index >= 15 is 0 Å². The van der Waals surface area contributed by atoms with Gasteiger partial charge in [0.2, 0.25) is 0 Å². The standard InChI is InChI=1S/C18H20F3N3O3/c1-11-7-14(12(2)27-11)17(26)23-5-3-13(4-6-23)9-24-10-22-15(8-16(24)25)18(19,20)21/h7-8,10,13H,3-6,9H2,1-2H3. The molecule has 146 valence electrons. The first kappa shape index (κ1) is 19.2.